The maximum Gasteiger partial charge on any atom is 0.138 e. The number of ether oxygens (including phenoxy) is 1. The normalized spacial score (nSPS) is 21.2. The number of aryl methyl sites for hydroxylation is 2. The topological polar surface area (TPSA) is 50.5 Å². The fraction of sp³-hybridized carbons (Fsp3) is 0.526. The lowest BCUT2D eigenvalue weighted by Crippen LogP contribution is -2.46. The number of benzene rings is 1. The molecule has 1 aromatic carbocycles. The van der Waals surface area contributed by atoms with Gasteiger partial charge >= 0.3 is 0 Å². The number of nitrogens with one attached hydrogen (secondary N) is 1. The van der Waals surface area contributed by atoms with Gasteiger partial charge in [-0.3, -0.25) is 0 Å². The lowest BCUT2D eigenvalue weighted by atomic mass is 10.1. The predicted molar refractivity (Wildman–Crippen MR) is 95.2 cm³/mol. The summed E-state index contributed by atoms with van der Waals surface area (Å²) in [6.07, 6.45) is 0.522. The van der Waals surface area contributed by atoms with E-state index in [1.165, 1.54) is 11.3 Å². The fourth-order valence-corrected chi connectivity index (χ4v) is 3.42. The summed E-state index contributed by atoms with van der Waals surface area (Å²) < 4.78 is 11.1. The average molecular weight is 329 g/mol. The Balaban J connectivity index is 1.68. The van der Waals surface area contributed by atoms with Crippen LogP contribution in [0.25, 0.3) is 0 Å². The molecule has 2 atom stereocenters. The van der Waals surface area contributed by atoms with Gasteiger partial charge in [-0.05, 0) is 39.3 Å². The first-order valence-electron chi connectivity index (χ1n) is 8.65. The van der Waals surface area contributed by atoms with Crippen molar-refractivity contribution in [3.63, 3.8) is 0 Å². The number of anilines is 1. The standard InChI is InChI=1S/C19H27N3O2/c1-13-11-22(12-14(2)23-13)19-8-6-5-7-17(19)9-20-10-18-15(3)21-24-16(18)4/h5-8,13-14,20H,9-12H2,1-4H3/t13-,14-/m0/s1. The third-order valence-corrected chi connectivity index (χ3v) is 4.55. The van der Waals surface area contributed by atoms with E-state index in [-0.39, 0.29) is 12.2 Å². The minimum Gasteiger partial charge on any atom is -0.372 e. The number of para-hydroxylation sites is 1. The Kier molecular flexibility index (Phi) is 5.21. The highest BCUT2D eigenvalue weighted by atomic mass is 16.5. The second kappa shape index (κ2) is 7.36. The Bertz CT molecular complexity index is 654. The Morgan fingerprint density at radius 3 is 2.50 bits per heavy atom. The molecule has 1 saturated heterocycles. The third-order valence-electron chi connectivity index (χ3n) is 4.55. The molecule has 1 aliphatic heterocycles. The van der Waals surface area contributed by atoms with Crippen molar-refractivity contribution in [3.05, 3.63) is 46.8 Å². The second-order valence-electron chi connectivity index (χ2n) is 6.70. The lowest BCUT2D eigenvalue weighted by Gasteiger charge is -2.37. The molecule has 0 saturated carbocycles. The van der Waals surface area contributed by atoms with Crippen LogP contribution in [-0.4, -0.2) is 30.5 Å². The molecule has 2 aromatic rings. The number of aromatic nitrogens is 1. The first kappa shape index (κ1) is 17.0. The van der Waals surface area contributed by atoms with Gasteiger partial charge in [-0.25, -0.2) is 0 Å². The van der Waals surface area contributed by atoms with Gasteiger partial charge in [-0.2, -0.15) is 0 Å². The number of hydrogen-bond acceptors (Lipinski definition) is 5. The van der Waals surface area contributed by atoms with E-state index < -0.39 is 0 Å². The maximum absolute atomic E-state index is 5.86. The zero-order valence-corrected chi connectivity index (χ0v) is 15.0. The summed E-state index contributed by atoms with van der Waals surface area (Å²) in [5.41, 5.74) is 4.72. The smallest absolute Gasteiger partial charge is 0.138 e. The van der Waals surface area contributed by atoms with E-state index in [1.54, 1.807) is 0 Å². The molecule has 1 aromatic heterocycles. The average Bonchev–Trinajstić information content (AvgIpc) is 2.86. The van der Waals surface area contributed by atoms with Crippen LogP contribution in [0.1, 0.15) is 36.4 Å². The highest BCUT2D eigenvalue weighted by Crippen LogP contribution is 2.24. The molecular formula is C19H27N3O2. The molecule has 3 rings (SSSR count). The van der Waals surface area contributed by atoms with Gasteiger partial charge < -0.3 is 19.5 Å². The van der Waals surface area contributed by atoms with E-state index in [0.29, 0.717) is 0 Å². The summed E-state index contributed by atoms with van der Waals surface area (Å²) >= 11 is 0. The fourth-order valence-electron chi connectivity index (χ4n) is 3.42. The molecule has 24 heavy (non-hydrogen) atoms. The van der Waals surface area contributed by atoms with Crippen molar-refractivity contribution >= 4 is 5.69 Å². The molecule has 2 heterocycles. The van der Waals surface area contributed by atoms with Gasteiger partial charge in [0.25, 0.3) is 0 Å². The molecule has 0 radical (unpaired) electrons. The molecule has 1 N–H and O–H groups in total. The summed E-state index contributed by atoms with van der Waals surface area (Å²) in [5, 5.41) is 7.54. The molecule has 130 valence electrons. The van der Waals surface area contributed by atoms with E-state index in [0.717, 1.165) is 43.2 Å². The van der Waals surface area contributed by atoms with Crippen molar-refractivity contribution in [2.75, 3.05) is 18.0 Å². The van der Waals surface area contributed by atoms with Crippen LogP contribution >= 0.6 is 0 Å². The first-order valence-corrected chi connectivity index (χ1v) is 8.65. The number of hydrogen-bond donors (Lipinski definition) is 1. The van der Waals surface area contributed by atoms with E-state index in [1.807, 2.05) is 13.8 Å². The van der Waals surface area contributed by atoms with Crippen molar-refractivity contribution < 1.29 is 9.26 Å². The summed E-state index contributed by atoms with van der Waals surface area (Å²) in [6, 6.07) is 8.61. The van der Waals surface area contributed by atoms with Gasteiger partial charge in [0.05, 0.1) is 17.9 Å². The third kappa shape index (κ3) is 3.79. The molecule has 5 nitrogen and oxygen atoms in total. The Morgan fingerprint density at radius 1 is 1.12 bits per heavy atom. The maximum atomic E-state index is 5.86. The highest BCUT2D eigenvalue weighted by molar-refractivity contribution is 5.54. The first-order chi connectivity index (χ1) is 11.5. The monoisotopic (exact) mass is 329 g/mol. The summed E-state index contributed by atoms with van der Waals surface area (Å²) in [7, 11) is 0. The molecular weight excluding hydrogens is 302 g/mol. The van der Waals surface area contributed by atoms with E-state index in [2.05, 4.69) is 53.5 Å². The highest BCUT2D eigenvalue weighted by Gasteiger charge is 2.23. The van der Waals surface area contributed by atoms with Crippen LogP contribution in [0.2, 0.25) is 0 Å². The molecule has 0 amide bonds. The van der Waals surface area contributed by atoms with Crippen LogP contribution in [0.3, 0.4) is 0 Å². The zero-order valence-electron chi connectivity index (χ0n) is 15.0. The minimum atomic E-state index is 0.261. The van der Waals surface area contributed by atoms with Crippen LogP contribution in [0, 0.1) is 13.8 Å². The summed E-state index contributed by atoms with van der Waals surface area (Å²) in [6.45, 7) is 11.7. The van der Waals surface area contributed by atoms with Gasteiger partial charge in [0.15, 0.2) is 0 Å². The second-order valence-corrected chi connectivity index (χ2v) is 6.70. The molecule has 0 bridgehead atoms. The van der Waals surface area contributed by atoms with Gasteiger partial charge in [0.1, 0.15) is 5.76 Å². The zero-order chi connectivity index (χ0) is 17.1. The van der Waals surface area contributed by atoms with Crippen LogP contribution in [0.5, 0.6) is 0 Å². The van der Waals surface area contributed by atoms with Gasteiger partial charge in [-0.1, -0.05) is 23.4 Å². The lowest BCUT2D eigenvalue weighted by molar-refractivity contribution is -0.00526. The number of rotatable bonds is 5. The quantitative estimate of drug-likeness (QED) is 0.913. The van der Waals surface area contributed by atoms with Crippen LogP contribution in [0.4, 0.5) is 5.69 Å². The van der Waals surface area contributed by atoms with Crippen LogP contribution in [-0.2, 0) is 17.8 Å². The Morgan fingerprint density at radius 2 is 1.83 bits per heavy atom. The van der Waals surface area contributed by atoms with Crippen molar-refractivity contribution in [1.29, 1.82) is 0 Å². The van der Waals surface area contributed by atoms with Crippen molar-refractivity contribution in [2.45, 2.75) is 53.0 Å². The SMILES string of the molecule is Cc1noc(C)c1CNCc1ccccc1N1C[C@H](C)O[C@@H](C)C1. The summed E-state index contributed by atoms with van der Waals surface area (Å²) in [5.74, 6) is 0.893. The summed E-state index contributed by atoms with van der Waals surface area (Å²) in [4.78, 5) is 2.44. The minimum absolute atomic E-state index is 0.261. The molecule has 0 aliphatic carbocycles. The van der Waals surface area contributed by atoms with Crippen molar-refractivity contribution in [3.8, 4) is 0 Å². The molecule has 0 spiro atoms. The molecule has 5 heteroatoms. The number of nitrogens with zero attached hydrogens (tertiary/aromatic N) is 2. The Labute approximate surface area is 144 Å². The number of morpholine rings is 1. The predicted octanol–water partition coefficient (Wildman–Crippen LogP) is 3.19. The van der Waals surface area contributed by atoms with E-state index in [9.17, 15) is 0 Å². The van der Waals surface area contributed by atoms with E-state index >= 15 is 0 Å². The molecule has 0 unspecified atom stereocenters. The van der Waals surface area contributed by atoms with Crippen molar-refractivity contribution in [1.82, 2.24) is 10.5 Å². The molecule has 1 fully saturated rings. The molecule has 1 aliphatic rings. The largest absolute Gasteiger partial charge is 0.372 e. The van der Waals surface area contributed by atoms with Gasteiger partial charge in [0.2, 0.25) is 0 Å². The van der Waals surface area contributed by atoms with Crippen LogP contribution < -0.4 is 10.2 Å². The Hall–Kier alpha value is -1.85. The van der Waals surface area contributed by atoms with Crippen molar-refractivity contribution in [2.24, 2.45) is 0 Å². The van der Waals surface area contributed by atoms with E-state index in [4.69, 9.17) is 9.26 Å². The van der Waals surface area contributed by atoms with Gasteiger partial charge in [-0.15, -0.1) is 0 Å². The van der Waals surface area contributed by atoms with Crippen LogP contribution in [0.15, 0.2) is 28.8 Å². The van der Waals surface area contributed by atoms with Gasteiger partial charge in [0, 0.05) is 37.4 Å².